The monoisotopic (exact) mass is 522 g/mol. The average molecular weight is 523 g/mol. The number of rotatable bonds is 11. The van der Waals surface area contributed by atoms with Crippen molar-refractivity contribution in [3.63, 3.8) is 0 Å². The van der Waals surface area contributed by atoms with Crippen LogP contribution < -0.4 is 19.5 Å². The zero-order chi connectivity index (χ0) is 26.3. The first-order chi connectivity index (χ1) is 18.6. The third-order valence-corrected chi connectivity index (χ3v) is 8.27. The van der Waals surface area contributed by atoms with Crippen LogP contribution in [0.2, 0.25) is 0 Å². The van der Waals surface area contributed by atoms with Crippen LogP contribution in [0.5, 0.6) is 17.4 Å². The lowest BCUT2D eigenvalue weighted by Crippen LogP contribution is -2.31. The van der Waals surface area contributed by atoms with Gasteiger partial charge in [-0.05, 0) is 112 Å². The predicted molar refractivity (Wildman–Crippen MR) is 146 cm³/mol. The number of pyridine rings is 1. The molecule has 0 bridgehead atoms. The lowest BCUT2D eigenvalue weighted by atomic mass is 9.89. The molecule has 3 fully saturated rings. The second-order valence-electron chi connectivity index (χ2n) is 10.9. The Morgan fingerprint density at radius 1 is 0.974 bits per heavy atom. The fourth-order valence-electron chi connectivity index (χ4n) is 6.01. The van der Waals surface area contributed by atoms with E-state index >= 15 is 0 Å². The molecule has 1 saturated heterocycles. The van der Waals surface area contributed by atoms with Gasteiger partial charge in [0.15, 0.2) is 0 Å². The Kier molecular flexibility index (Phi) is 9.05. The standard InChI is InChI=1S/C31H42N2O5/c1-3-36-31(34)20-28(21-4-5-21)23-14-17-33-30(18-23)38-25-8-6-24(7-9-25)37-29-19-26(35-2)10-11-27(29)22-12-15-32-16-13-22/h10-11,14,17-19,21-22,24-25,28,32H,3-9,12-13,15-16,20H2,1-2H3. The summed E-state index contributed by atoms with van der Waals surface area (Å²) < 4.78 is 23.7. The number of piperidine rings is 1. The summed E-state index contributed by atoms with van der Waals surface area (Å²) in [5.74, 6) is 3.60. The van der Waals surface area contributed by atoms with Crippen molar-refractivity contribution in [3.05, 3.63) is 47.7 Å². The molecule has 1 atom stereocenters. The minimum atomic E-state index is -0.124. The van der Waals surface area contributed by atoms with E-state index in [-0.39, 0.29) is 24.1 Å². The molecule has 0 spiro atoms. The Labute approximate surface area is 226 Å². The van der Waals surface area contributed by atoms with Gasteiger partial charge in [-0.15, -0.1) is 0 Å². The second kappa shape index (κ2) is 12.8. The van der Waals surface area contributed by atoms with Crippen LogP contribution in [0.25, 0.3) is 0 Å². The fraction of sp³-hybridized carbons (Fsp3) is 0.613. The van der Waals surface area contributed by atoms with E-state index in [4.69, 9.17) is 18.9 Å². The molecule has 1 aliphatic heterocycles. The summed E-state index contributed by atoms with van der Waals surface area (Å²) in [6.07, 6.45) is 10.9. The van der Waals surface area contributed by atoms with Crippen LogP contribution in [0.1, 0.15) is 87.7 Å². The van der Waals surface area contributed by atoms with E-state index in [0.29, 0.717) is 30.7 Å². The summed E-state index contributed by atoms with van der Waals surface area (Å²) >= 11 is 0. The molecule has 0 amide bonds. The van der Waals surface area contributed by atoms with Crippen LogP contribution in [-0.2, 0) is 9.53 Å². The van der Waals surface area contributed by atoms with Gasteiger partial charge in [-0.25, -0.2) is 4.98 Å². The van der Waals surface area contributed by atoms with Crippen molar-refractivity contribution in [1.82, 2.24) is 10.3 Å². The lowest BCUT2D eigenvalue weighted by Gasteiger charge is -2.31. The van der Waals surface area contributed by atoms with Crippen LogP contribution in [0.3, 0.4) is 0 Å². The van der Waals surface area contributed by atoms with Crippen LogP contribution in [0.4, 0.5) is 0 Å². The second-order valence-corrected chi connectivity index (χ2v) is 10.9. The van der Waals surface area contributed by atoms with Crippen LogP contribution in [0, 0.1) is 5.92 Å². The number of benzene rings is 1. The molecule has 0 radical (unpaired) electrons. The van der Waals surface area contributed by atoms with Gasteiger partial charge in [-0.2, -0.15) is 0 Å². The largest absolute Gasteiger partial charge is 0.497 e. The Hall–Kier alpha value is -2.80. The number of aromatic nitrogens is 1. The predicted octanol–water partition coefficient (Wildman–Crippen LogP) is 5.77. The van der Waals surface area contributed by atoms with Gasteiger partial charge in [0.25, 0.3) is 0 Å². The molecule has 2 aliphatic carbocycles. The highest BCUT2D eigenvalue weighted by atomic mass is 16.5. The molecular weight excluding hydrogens is 480 g/mol. The summed E-state index contributed by atoms with van der Waals surface area (Å²) in [4.78, 5) is 16.7. The summed E-state index contributed by atoms with van der Waals surface area (Å²) in [6.45, 7) is 4.38. The molecule has 1 N–H and O–H groups in total. The number of hydrogen-bond donors (Lipinski definition) is 1. The van der Waals surface area contributed by atoms with E-state index in [1.54, 1.807) is 7.11 Å². The summed E-state index contributed by atoms with van der Waals surface area (Å²) in [7, 11) is 1.71. The quantitative estimate of drug-likeness (QED) is 0.375. The maximum atomic E-state index is 12.2. The highest BCUT2D eigenvalue weighted by Gasteiger charge is 2.34. The number of nitrogens with zero attached hydrogens (tertiary/aromatic N) is 1. The zero-order valence-electron chi connectivity index (χ0n) is 22.8. The van der Waals surface area contributed by atoms with Crippen LogP contribution in [-0.4, -0.2) is 50.0 Å². The number of carbonyl (C=O) groups excluding carboxylic acids is 1. The fourth-order valence-corrected chi connectivity index (χ4v) is 6.01. The molecule has 2 aromatic rings. The first kappa shape index (κ1) is 26.8. The topological polar surface area (TPSA) is 78.9 Å². The highest BCUT2D eigenvalue weighted by molar-refractivity contribution is 5.70. The Balaban J connectivity index is 1.18. The Bertz CT molecular complexity index is 1060. The van der Waals surface area contributed by atoms with E-state index in [1.807, 2.05) is 25.3 Å². The molecule has 7 nitrogen and oxygen atoms in total. The van der Waals surface area contributed by atoms with E-state index in [9.17, 15) is 4.79 Å². The van der Waals surface area contributed by atoms with Gasteiger partial charge < -0.3 is 24.3 Å². The van der Waals surface area contributed by atoms with E-state index < -0.39 is 0 Å². The number of methoxy groups -OCH3 is 1. The van der Waals surface area contributed by atoms with Crippen molar-refractivity contribution in [3.8, 4) is 17.4 Å². The van der Waals surface area contributed by atoms with Gasteiger partial charge in [0.2, 0.25) is 5.88 Å². The number of esters is 1. The van der Waals surface area contributed by atoms with Crippen molar-refractivity contribution in [2.45, 2.75) is 88.8 Å². The molecule has 2 saturated carbocycles. The molecular formula is C31H42N2O5. The molecule has 1 unspecified atom stereocenters. The molecule has 7 heteroatoms. The third-order valence-electron chi connectivity index (χ3n) is 8.27. The van der Waals surface area contributed by atoms with Gasteiger partial charge in [0, 0.05) is 18.3 Å². The number of nitrogens with one attached hydrogen (secondary N) is 1. The molecule has 2 heterocycles. The van der Waals surface area contributed by atoms with E-state index in [1.165, 1.54) is 18.4 Å². The molecule has 206 valence electrons. The van der Waals surface area contributed by atoms with Gasteiger partial charge >= 0.3 is 5.97 Å². The molecule has 3 aliphatic rings. The van der Waals surface area contributed by atoms with Gasteiger partial charge in [0.05, 0.1) is 26.2 Å². The molecule has 1 aromatic heterocycles. The Morgan fingerprint density at radius 3 is 2.39 bits per heavy atom. The van der Waals surface area contributed by atoms with Gasteiger partial charge in [-0.1, -0.05) is 6.07 Å². The summed E-state index contributed by atoms with van der Waals surface area (Å²) in [5.41, 5.74) is 2.44. The Morgan fingerprint density at radius 2 is 1.71 bits per heavy atom. The molecule has 1 aromatic carbocycles. The normalized spacial score (nSPS) is 22.9. The van der Waals surface area contributed by atoms with Crippen LogP contribution >= 0.6 is 0 Å². The summed E-state index contributed by atoms with van der Waals surface area (Å²) in [6, 6.07) is 10.4. The van der Waals surface area contributed by atoms with Crippen LogP contribution in [0.15, 0.2) is 36.5 Å². The maximum absolute atomic E-state index is 12.2. The van der Waals surface area contributed by atoms with Crippen molar-refractivity contribution >= 4 is 5.97 Å². The van der Waals surface area contributed by atoms with E-state index in [0.717, 1.165) is 68.7 Å². The number of carbonyl (C=O) groups is 1. The van der Waals surface area contributed by atoms with Crippen molar-refractivity contribution in [1.29, 1.82) is 0 Å². The average Bonchev–Trinajstić information content (AvgIpc) is 3.79. The smallest absolute Gasteiger partial charge is 0.306 e. The first-order valence-electron chi connectivity index (χ1n) is 14.5. The highest BCUT2D eigenvalue weighted by Crippen LogP contribution is 2.45. The summed E-state index contributed by atoms with van der Waals surface area (Å²) in [5, 5.41) is 3.46. The number of ether oxygens (including phenoxy) is 4. The van der Waals surface area contributed by atoms with Crippen molar-refractivity contribution in [2.24, 2.45) is 5.92 Å². The number of hydrogen-bond acceptors (Lipinski definition) is 7. The maximum Gasteiger partial charge on any atom is 0.306 e. The minimum Gasteiger partial charge on any atom is -0.497 e. The van der Waals surface area contributed by atoms with Crippen molar-refractivity contribution in [2.75, 3.05) is 26.8 Å². The zero-order valence-corrected chi connectivity index (χ0v) is 22.8. The molecule has 5 rings (SSSR count). The molecule has 38 heavy (non-hydrogen) atoms. The lowest BCUT2D eigenvalue weighted by molar-refractivity contribution is -0.143. The third kappa shape index (κ3) is 6.99. The minimum absolute atomic E-state index is 0.122. The van der Waals surface area contributed by atoms with Crippen molar-refractivity contribution < 1.29 is 23.7 Å². The van der Waals surface area contributed by atoms with E-state index in [2.05, 4.69) is 28.5 Å². The first-order valence-corrected chi connectivity index (χ1v) is 14.5. The van der Waals surface area contributed by atoms with Gasteiger partial charge in [-0.3, -0.25) is 4.79 Å². The van der Waals surface area contributed by atoms with Gasteiger partial charge in [0.1, 0.15) is 17.6 Å². The SMILES string of the molecule is CCOC(=O)CC(c1ccnc(OC2CCC(Oc3cc(OC)ccc3C3CCNCC3)CC2)c1)C1CC1.